The molecule has 0 saturated carbocycles. The summed E-state index contributed by atoms with van der Waals surface area (Å²) in [5, 5.41) is 0. The van der Waals surface area contributed by atoms with Gasteiger partial charge in [-0.25, -0.2) is 4.39 Å². The first kappa shape index (κ1) is 13.7. The predicted octanol–water partition coefficient (Wildman–Crippen LogP) is 3.37. The van der Waals surface area contributed by atoms with Crippen molar-refractivity contribution in [2.75, 3.05) is 18.6 Å². The highest BCUT2D eigenvalue weighted by molar-refractivity contribution is 7.99. The molecule has 1 saturated heterocycles. The Bertz CT molecular complexity index is 393. The molecule has 4 heteroatoms. The summed E-state index contributed by atoms with van der Waals surface area (Å²) < 4.78 is 18.9. The van der Waals surface area contributed by atoms with Crippen LogP contribution in [-0.4, -0.2) is 18.6 Å². The van der Waals surface area contributed by atoms with Gasteiger partial charge in [-0.3, -0.25) is 0 Å². The molecule has 0 spiro atoms. The summed E-state index contributed by atoms with van der Waals surface area (Å²) in [6.45, 7) is 0. The third-order valence-corrected chi connectivity index (χ3v) is 4.58. The molecule has 1 aromatic rings. The minimum absolute atomic E-state index is 0.205. The van der Waals surface area contributed by atoms with E-state index < -0.39 is 0 Å². The number of nitrogens with two attached hydrogens (primary N) is 1. The zero-order chi connectivity index (χ0) is 13.0. The lowest BCUT2D eigenvalue weighted by molar-refractivity contribution is 0.398. The second-order valence-electron chi connectivity index (χ2n) is 4.79. The number of benzene rings is 1. The van der Waals surface area contributed by atoms with Crippen molar-refractivity contribution < 1.29 is 9.13 Å². The Kier molecular flexibility index (Phi) is 4.89. The highest BCUT2D eigenvalue weighted by atomic mass is 32.2. The minimum atomic E-state index is -0.257. The summed E-state index contributed by atoms with van der Waals surface area (Å²) in [4.78, 5) is 0. The van der Waals surface area contributed by atoms with Gasteiger partial charge < -0.3 is 10.5 Å². The highest BCUT2D eigenvalue weighted by Gasteiger charge is 2.20. The fourth-order valence-electron chi connectivity index (χ4n) is 2.40. The van der Waals surface area contributed by atoms with E-state index in [1.807, 2.05) is 11.8 Å². The average Bonchev–Trinajstić information content (AvgIpc) is 2.39. The van der Waals surface area contributed by atoms with Crippen LogP contribution in [0.5, 0.6) is 5.75 Å². The monoisotopic (exact) mass is 269 g/mol. The summed E-state index contributed by atoms with van der Waals surface area (Å²) in [7, 11) is 1.54. The highest BCUT2D eigenvalue weighted by Crippen LogP contribution is 2.31. The van der Waals surface area contributed by atoms with Crippen molar-refractivity contribution in [3.8, 4) is 5.75 Å². The van der Waals surface area contributed by atoms with E-state index in [1.54, 1.807) is 12.1 Å². The zero-order valence-corrected chi connectivity index (χ0v) is 11.5. The van der Waals surface area contributed by atoms with Crippen molar-refractivity contribution in [3.05, 3.63) is 29.6 Å². The Balaban J connectivity index is 2.01. The zero-order valence-electron chi connectivity index (χ0n) is 10.7. The van der Waals surface area contributed by atoms with Gasteiger partial charge in [0.1, 0.15) is 11.6 Å². The molecule has 1 aliphatic rings. The van der Waals surface area contributed by atoms with Crippen LogP contribution in [0.25, 0.3) is 0 Å². The van der Waals surface area contributed by atoms with Crippen LogP contribution in [0, 0.1) is 11.7 Å². The van der Waals surface area contributed by atoms with Gasteiger partial charge in [0.05, 0.1) is 7.11 Å². The van der Waals surface area contributed by atoms with Crippen molar-refractivity contribution in [2.24, 2.45) is 11.7 Å². The molecule has 0 amide bonds. The fraction of sp³-hybridized carbons (Fsp3) is 0.571. The van der Waals surface area contributed by atoms with Gasteiger partial charge in [-0.15, -0.1) is 0 Å². The van der Waals surface area contributed by atoms with Crippen molar-refractivity contribution in [3.63, 3.8) is 0 Å². The van der Waals surface area contributed by atoms with E-state index >= 15 is 0 Å². The summed E-state index contributed by atoms with van der Waals surface area (Å²) in [5.41, 5.74) is 6.74. The van der Waals surface area contributed by atoms with Gasteiger partial charge in [0.25, 0.3) is 0 Å². The molecule has 2 rings (SSSR count). The van der Waals surface area contributed by atoms with Crippen molar-refractivity contribution in [2.45, 2.75) is 25.3 Å². The molecule has 1 fully saturated rings. The molecule has 2 N–H and O–H groups in total. The van der Waals surface area contributed by atoms with E-state index in [0.29, 0.717) is 17.2 Å². The molecule has 0 aromatic heterocycles. The lowest BCUT2D eigenvalue weighted by Gasteiger charge is -2.24. The molecule has 1 unspecified atom stereocenters. The van der Waals surface area contributed by atoms with Gasteiger partial charge >= 0.3 is 0 Å². The van der Waals surface area contributed by atoms with Crippen LogP contribution < -0.4 is 10.5 Å². The standard InChI is InChI=1S/C14H20FNOS/c1-17-11-2-3-12(13(15)9-11)14(16)8-10-4-6-18-7-5-10/h2-3,9-10,14H,4-8,16H2,1H3. The number of thioether (sulfide) groups is 1. The van der Waals surface area contributed by atoms with Crippen LogP contribution in [-0.2, 0) is 0 Å². The molecule has 100 valence electrons. The van der Waals surface area contributed by atoms with Crippen molar-refractivity contribution >= 4 is 11.8 Å². The molecule has 1 atom stereocenters. The number of halogens is 1. The third-order valence-electron chi connectivity index (χ3n) is 3.54. The third kappa shape index (κ3) is 3.39. The van der Waals surface area contributed by atoms with E-state index in [2.05, 4.69) is 0 Å². The quantitative estimate of drug-likeness (QED) is 0.910. The first-order valence-electron chi connectivity index (χ1n) is 6.37. The number of methoxy groups -OCH3 is 1. The predicted molar refractivity (Wildman–Crippen MR) is 74.5 cm³/mol. The first-order chi connectivity index (χ1) is 8.70. The van der Waals surface area contributed by atoms with Crippen molar-refractivity contribution in [1.82, 2.24) is 0 Å². The van der Waals surface area contributed by atoms with Crippen LogP contribution >= 0.6 is 11.8 Å². The van der Waals surface area contributed by atoms with Gasteiger partial charge in [0, 0.05) is 17.7 Å². The minimum Gasteiger partial charge on any atom is -0.497 e. The summed E-state index contributed by atoms with van der Waals surface area (Å²) >= 11 is 2.00. The van der Waals surface area contributed by atoms with E-state index in [0.717, 1.165) is 6.42 Å². The molecule has 1 aromatic carbocycles. The summed E-state index contributed by atoms with van der Waals surface area (Å²) in [6, 6.07) is 4.72. The molecular weight excluding hydrogens is 249 g/mol. The van der Waals surface area contributed by atoms with Gasteiger partial charge in [0.2, 0.25) is 0 Å². The van der Waals surface area contributed by atoms with Crippen LogP contribution in [0.15, 0.2) is 18.2 Å². The molecule has 1 aliphatic heterocycles. The molecular formula is C14H20FNOS. The number of hydrogen-bond acceptors (Lipinski definition) is 3. The van der Waals surface area contributed by atoms with E-state index in [4.69, 9.17) is 10.5 Å². The maximum atomic E-state index is 13.9. The van der Waals surface area contributed by atoms with Crippen molar-refractivity contribution in [1.29, 1.82) is 0 Å². The van der Waals surface area contributed by atoms with Crippen LogP contribution in [0.2, 0.25) is 0 Å². The second kappa shape index (κ2) is 6.43. The van der Waals surface area contributed by atoms with Gasteiger partial charge in [-0.1, -0.05) is 6.07 Å². The van der Waals surface area contributed by atoms with Crippen LogP contribution in [0.1, 0.15) is 30.9 Å². The largest absolute Gasteiger partial charge is 0.497 e. The molecule has 1 heterocycles. The van der Waals surface area contributed by atoms with Gasteiger partial charge in [0.15, 0.2) is 0 Å². The topological polar surface area (TPSA) is 35.2 Å². The Hall–Kier alpha value is -0.740. The average molecular weight is 269 g/mol. The maximum absolute atomic E-state index is 13.9. The van der Waals surface area contributed by atoms with Gasteiger partial charge in [-0.2, -0.15) is 11.8 Å². The number of hydrogen-bond donors (Lipinski definition) is 1. The Morgan fingerprint density at radius 3 is 2.78 bits per heavy atom. The second-order valence-corrected chi connectivity index (χ2v) is 6.01. The Labute approximate surface area is 112 Å². The number of rotatable bonds is 4. The van der Waals surface area contributed by atoms with Crippen LogP contribution in [0.4, 0.5) is 4.39 Å². The maximum Gasteiger partial charge on any atom is 0.131 e. The number of ether oxygens (including phenoxy) is 1. The fourth-order valence-corrected chi connectivity index (χ4v) is 3.61. The van der Waals surface area contributed by atoms with E-state index in [-0.39, 0.29) is 11.9 Å². The first-order valence-corrected chi connectivity index (χ1v) is 7.53. The SMILES string of the molecule is COc1ccc(C(N)CC2CCSCC2)c(F)c1. The lowest BCUT2D eigenvalue weighted by atomic mass is 9.91. The Morgan fingerprint density at radius 2 is 2.17 bits per heavy atom. The molecule has 0 bridgehead atoms. The van der Waals surface area contributed by atoms with Gasteiger partial charge in [-0.05, 0) is 42.8 Å². The normalized spacial score (nSPS) is 18.6. The molecule has 2 nitrogen and oxygen atoms in total. The lowest BCUT2D eigenvalue weighted by Crippen LogP contribution is -2.19. The smallest absolute Gasteiger partial charge is 0.131 e. The van der Waals surface area contributed by atoms with Crippen LogP contribution in [0.3, 0.4) is 0 Å². The molecule has 18 heavy (non-hydrogen) atoms. The Morgan fingerprint density at radius 1 is 1.44 bits per heavy atom. The van der Waals surface area contributed by atoms with E-state index in [1.165, 1.54) is 37.5 Å². The van der Waals surface area contributed by atoms with E-state index in [9.17, 15) is 4.39 Å². The summed E-state index contributed by atoms with van der Waals surface area (Å²) in [6.07, 6.45) is 3.29. The molecule has 0 aliphatic carbocycles. The molecule has 0 radical (unpaired) electrons. The summed E-state index contributed by atoms with van der Waals surface area (Å²) in [5.74, 6) is 3.35.